The Hall–Kier alpha value is -3.34. The highest BCUT2D eigenvalue weighted by molar-refractivity contribution is 6.01. The van der Waals surface area contributed by atoms with Crippen molar-refractivity contribution < 1.29 is 23.8 Å². The van der Waals surface area contributed by atoms with E-state index in [0.717, 1.165) is 16.9 Å². The summed E-state index contributed by atoms with van der Waals surface area (Å²) < 4.78 is 16.8. The zero-order valence-corrected chi connectivity index (χ0v) is 16.3. The van der Waals surface area contributed by atoms with Crippen LogP contribution in [-0.4, -0.2) is 19.0 Å². The molecule has 0 aliphatic heterocycles. The highest BCUT2D eigenvalue weighted by atomic mass is 16.5. The van der Waals surface area contributed by atoms with Gasteiger partial charge in [0.2, 0.25) is 0 Å². The van der Waals surface area contributed by atoms with Gasteiger partial charge in [0.05, 0.1) is 12.9 Å². The van der Waals surface area contributed by atoms with E-state index in [9.17, 15) is 9.59 Å². The Kier molecular flexibility index (Phi) is 5.36. The summed E-state index contributed by atoms with van der Waals surface area (Å²) in [4.78, 5) is 24.5. The fourth-order valence-electron chi connectivity index (χ4n) is 3.09. The lowest BCUT2D eigenvalue weighted by Crippen LogP contribution is -2.16. The van der Waals surface area contributed by atoms with Crippen LogP contribution in [0.25, 0.3) is 10.8 Å². The van der Waals surface area contributed by atoms with Crippen molar-refractivity contribution in [2.24, 2.45) is 0 Å². The average molecular weight is 378 g/mol. The van der Waals surface area contributed by atoms with Crippen LogP contribution in [0.4, 0.5) is 0 Å². The molecule has 0 aromatic heterocycles. The number of esters is 2. The third-order valence-corrected chi connectivity index (χ3v) is 4.56. The SMILES string of the molecule is C=C(C)C(=O)Oc1c2c(c(OC(=O)C(=C)C)c3ccccc13)CC(OC)=CC2. The van der Waals surface area contributed by atoms with Gasteiger partial charge >= 0.3 is 11.9 Å². The Morgan fingerprint density at radius 2 is 1.39 bits per heavy atom. The number of hydrogen-bond donors (Lipinski definition) is 0. The molecule has 0 N–H and O–H groups in total. The summed E-state index contributed by atoms with van der Waals surface area (Å²) in [6.45, 7) is 10.5. The molecule has 2 aromatic rings. The molecule has 0 bridgehead atoms. The number of ether oxygens (including phenoxy) is 3. The van der Waals surface area contributed by atoms with Crippen LogP contribution in [0.1, 0.15) is 25.0 Å². The molecule has 28 heavy (non-hydrogen) atoms. The third-order valence-electron chi connectivity index (χ3n) is 4.56. The van der Waals surface area contributed by atoms with Gasteiger partial charge in [0.25, 0.3) is 0 Å². The van der Waals surface area contributed by atoms with E-state index < -0.39 is 11.9 Å². The summed E-state index contributed by atoms with van der Waals surface area (Å²) in [6, 6.07) is 7.35. The molecule has 0 saturated carbocycles. The molecule has 0 spiro atoms. The number of benzene rings is 2. The van der Waals surface area contributed by atoms with Crippen molar-refractivity contribution in [3.05, 3.63) is 71.5 Å². The maximum atomic E-state index is 12.3. The Morgan fingerprint density at radius 1 is 0.893 bits per heavy atom. The number of rotatable bonds is 5. The standard InChI is InChI=1S/C23H22O5/c1-13(2)22(24)27-20-16-8-6-7-9-17(16)21(28-23(25)14(3)4)19-12-15(26-5)10-11-18(19)20/h6-10H,1,3,11-12H2,2,4-5H3. The van der Waals surface area contributed by atoms with Crippen LogP contribution >= 0.6 is 0 Å². The van der Waals surface area contributed by atoms with Crippen LogP contribution in [0, 0.1) is 0 Å². The Balaban J connectivity index is 2.28. The normalized spacial score (nSPS) is 12.6. The topological polar surface area (TPSA) is 61.8 Å². The first-order valence-corrected chi connectivity index (χ1v) is 8.88. The van der Waals surface area contributed by atoms with E-state index in [0.29, 0.717) is 46.3 Å². The smallest absolute Gasteiger partial charge is 0.338 e. The fourth-order valence-corrected chi connectivity index (χ4v) is 3.09. The first kappa shape index (κ1) is 19.4. The molecule has 5 nitrogen and oxygen atoms in total. The van der Waals surface area contributed by atoms with Crippen molar-refractivity contribution in [3.8, 4) is 11.5 Å². The molecule has 2 aromatic carbocycles. The molecule has 144 valence electrons. The zero-order chi connectivity index (χ0) is 20.4. The second-order valence-electron chi connectivity index (χ2n) is 6.76. The highest BCUT2D eigenvalue weighted by Crippen LogP contribution is 2.44. The van der Waals surface area contributed by atoms with Crippen LogP contribution in [0.3, 0.4) is 0 Å². The van der Waals surface area contributed by atoms with E-state index in [-0.39, 0.29) is 0 Å². The van der Waals surface area contributed by atoms with Crippen molar-refractivity contribution in [2.75, 3.05) is 7.11 Å². The fraction of sp³-hybridized carbons (Fsp3) is 0.217. The second kappa shape index (κ2) is 7.72. The monoisotopic (exact) mass is 378 g/mol. The maximum Gasteiger partial charge on any atom is 0.338 e. The molecular weight excluding hydrogens is 356 g/mol. The number of carbonyl (C=O) groups excluding carboxylic acids is 2. The van der Waals surface area contributed by atoms with E-state index in [4.69, 9.17) is 14.2 Å². The first-order valence-electron chi connectivity index (χ1n) is 8.88. The lowest BCUT2D eigenvalue weighted by Gasteiger charge is -2.24. The third kappa shape index (κ3) is 3.56. The van der Waals surface area contributed by atoms with Crippen molar-refractivity contribution in [1.82, 2.24) is 0 Å². The molecule has 0 fully saturated rings. The predicted octanol–water partition coefficient (Wildman–Crippen LogP) is 4.43. The second-order valence-corrected chi connectivity index (χ2v) is 6.76. The summed E-state index contributed by atoms with van der Waals surface area (Å²) in [7, 11) is 1.60. The summed E-state index contributed by atoms with van der Waals surface area (Å²) in [5.41, 5.74) is 2.16. The van der Waals surface area contributed by atoms with Crippen molar-refractivity contribution in [1.29, 1.82) is 0 Å². The van der Waals surface area contributed by atoms with E-state index >= 15 is 0 Å². The van der Waals surface area contributed by atoms with E-state index in [2.05, 4.69) is 13.2 Å². The molecular formula is C23H22O5. The molecule has 0 radical (unpaired) electrons. The summed E-state index contributed by atoms with van der Waals surface area (Å²) in [5, 5.41) is 1.37. The quantitative estimate of drug-likeness (QED) is 0.437. The molecule has 0 unspecified atom stereocenters. The van der Waals surface area contributed by atoms with Gasteiger partial charge in [0, 0.05) is 39.5 Å². The van der Waals surface area contributed by atoms with Crippen molar-refractivity contribution in [3.63, 3.8) is 0 Å². The van der Waals surface area contributed by atoms with Crippen molar-refractivity contribution >= 4 is 22.7 Å². The van der Waals surface area contributed by atoms with Gasteiger partial charge in [0.15, 0.2) is 0 Å². The number of methoxy groups -OCH3 is 1. The number of allylic oxidation sites excluding steroid dienone is 2. The number of carbonyl (C=O) groups is 2. The lowest BCUT2D eigenvalue weighted by molar-refractivity contribution is -0.131. The average Bonchev–Trinajstić information content (AvgIpc) is 2.69. The van der Waals surface area contributed by atoms with Gasteiger partial charge in [-0.3, -0.25) is 0 Å². The first-order chi connectivity index (χ1) is 13.3. The van der Waals surface area contributed by atoms with Gasteiger partial charge in [-0.15, -0.1) is 0 Å². The molecule has 0 heterocycles. The van der Waals surface area contributed by atoms with Crippen LogP contribution in [0.2, 0.25) is 0 Å². The van der Waals surface area contributed by atoms with Gasteiger partial charge in [0.1, 0.15) is 11.5 Å². The van der Waals surface area contributed by atoms with Crippen LogP contribution in [0.15, 0.2) is 60.4 Å². The van der Waals surface area contributed by atoms with Gasteiger partial charge < -0.3 is 14.2 Å². The maximum absolute atomic E-state index is 12.3. The zero-order valence-electron chi connectivity index (χ0n) is 16.3. The summed E-state index contributed by atoms with van der Waals surface area (Å²) >= 11 is 0. The minimum absolute atomic E-state index is 0.300. The van der Waals surface area contributed by atoms with Gasteiger partial charge in [-0.2, -0.15) is 0 Å². The van der Waals surface area contributed by atoms with Gasteiger partial charge in [-0.1, -0.05) is 37.4 Å². The summed E-state index contributed by atoms with van der Waals surface area (Å²) in [6.07, 6.45) is 2.84. The molecule has 0 saturated heterocycles. The minimum atomic E-state index is -0.507. The van der Waals surface area contributed by atoms with Crippen LogP contribution < -0.4 is 9.47 Å². The molecule has 1 aliphatic rings. The summed E-state index contributed by atoms with van der Waals surface area (Å²) in [5.74, 6) is 0.650. The van der Waals surface area contributed by atoms with Gasteiger partial charge in [-0.05, 0) is 26.3 Å². The number of hydrogen-bond acceptors (Lipinski definition) is 5. The molecule has 0 amide bonds. The minimum Gasteiger partial charge on any atom is -0.501 e. The molecule has 3 rings (SSSR count). The lowest BCUT2D eigenvalue weighted by atomic mass is 9.89. The van der Waals surface area contributed by atoms with E-state index in [1.165, 1.54) is 0 Å². The molecule has 1 aliphatic carbocycles. The Bertz CT molecular complexity index is 1040. The van der Waals surface area contributed by atoms with E-state index in [1.54, 1.807) is 21.0 Å². The van der Waals surface area contributed by atoms with E-state index in [1.807, 2.05) is 30.3 Å². The predicted molar refractivity (Wildman–Crippen MR) is 107 cm³/mol. The highest BCUT2D eigenvalue weighted by Gasteiger charge is 2.27. The Labute approximate surface area is 163 Å². The molecule has 5 heteroatoms. The molecule has 0 atom stereocenters. The Morgan fingerprint density at radius 3 is 1.86 bits per heavy atom. The van der Waals surface area contributed by atoms with Gasteiger partial charge in [-0.25, -0.2) is 9.59 Å². The number of fused-ring (bicyclic) bond motifs is 2. The largest absolute Gasteiger partial charge is 0.501 e. The van der Waals surface area contributed by atoms with Crippen molar-refractivity contribution in [2.45, 2.75) is 26.7 Å². The van der Waals surface area contributed by atoms with Crippen LogP contribution in [-0.2, 0) is 27.2 Å². The van der Waals surface area contributed by atoms with Crippen LogP contribution in [0.5, 0.6) is 11.5 Å².